The lowest BCUT2D eigenvalue weighted by Gasteiger charge is -2.12. The first kappa shape index (κ1) is 23.3. The van der Waals surface area contributed by atoms with Gasteiger partial charge in [0.25, 0.3) is 0 Å². The highest BCUT2D eigenvalue weighted by Crippen LogP contribution is 2.36. The van der Waals surface area contributed by atoms with Gasteiger partial charge in [-0.2, -0.15) is 0 Å². The molecule has 2 heterocycles. The molecule has 0 aliphatic carbocycles. The first-order valence-electron chi connectivity index (χ1n) is 9.66. The van der Waals surface area contributed by atoms with Crippen LogP contribution in [0.3, 0.4) is 0 Å². The van der Waals surface area contributed by atoms with Crippen molar-refractivity contribution >= 4 is 17.9 Å². The van der Waals surface area contributed by atoms with Crippen molar-refractivity contribution in [3.05, 3.63) is 48.2 Å². The van der Waals surface area contributed by atoms with E-state index in [0.717, 1.165) is 45.8 Å². The second-order valence-electron chi connectivity index (χ2n) is 6.74. The molecule has 1 aliphatic heterocycles. The summed E-state index contributed by atoms with van der Waals surface area (Å²) < 4.78 is 23.6. The van der Waals surface area contributed by atoms with Crippen molar-refractivity contribution < 1.29 is 38.7 Å². The average molecular weight is 457 g/mol. The molecule has 33 heavy (non-hydrogen) atoms. The predicted octanol–water partition coefficient (Wildman–Crippen LogP) is 2.60. The maximum absolute atomic E-state index is 9.10. The summed E-state index contributed by atoms with van der Waals surface area (Å²) in [6.45, 7) is 0.825. The van der Waals surface area contributed by atoms with E-state index in [1.807, 2.05) is 54.2 Å². The first-order chi connectivity index (χ1) is 15.8. The Morgan fingerprint density at radius 2 is 1.79 bits per heavy atom. The molecule has 0 saturated heterocycles. The number of carboxylic acid groups (broad SMARTS) is 2. The molecule has 0 saturated carbocycles. The van der Waals surface area contributed by atoms with Crippen LogP contribution in [-0.2, 0) is 23.2 Å². The van der Waals surface area contributed by atoms with Crippen molar-refractivity contribution in [3.8, 4) is 34.3 Å². The van der Waals surface area contributed by atoms with E-state index in [0.29, 0.717) is 6.54 Å². The number of ether oxygens (including phenoxy) is 4. The molecule has 11 heteroatoms. The molecule has 174 valence electrons. The van der Waals surface area contributed by atoms with Crippen LogP contribution in [0.25, 0.3) is 11.3 Å². The Balaban J connectivity index is 0.000000454. The molecule has 1 aliphatic rings. The summed E-state index contributed by atoms with van der Waals surface area (Å²) >= 11 is 0. The number of rotatable bonds is 6. The minimum Gasteiger partial charge on any atom is -0.497 e. The number of hydrogen-bond donors (Lipinski definition) is 3. The van der Waals surface area contributed by atoms with Crippen LogP contribution < -0.4 is 24.3 Å². The Labute approximate surface area is 189 Å². The van der Waals surface area contributed by atoms with Crippen LogP contribution in [0.2, 0.25) is 0 Å². The number of aliphatic carboxylic acids is 2. The summed E-state index contributed by atoms with van der Waals surface area (Å²) in [5.74, 6) is 0.216. The fourth-order valence-corrected chi connectivity index (χ4v) is 3.09. The van der Waals surface area contributed by atoms with Gasteiger partial charge < -0.3 is 39.0 Å². The predicted molar refractivity (Wildman–Crippen MR) is 117 cm³/mol. The van der Waals surface area contributed by atoms with Crippen molar-refractivity contribution in [2.24, 2.45) is 7.05 Å². The summed E-state index contributed by atoms with van der Waals surface area (Å²) in [6, 6.07) is 11.6. The maximum Gasteiger partial charge on any atom is 0.414 e. The molecular weight excluding hydrogens is 434 g/mol. The second-order valence-corrected chi connectivity index (χ2v) is 6.74. The topological polar surface area (TPSA) is 141 Å². The average Bonchev–Trinajstić information content (AvgIpc) is 3.43. The zero-order chi connectivity index (χ0) is 24.0. The quantitative estimate of drug-likeness (QED) is 0.473. The highest BCUT2D eigenvalue weighted by Gasteiger charge is 2.16. The molecule has 0 unspecified atom stereocenters. The van der Waals surface area contributed by atoms with Crippen molar-refractivity contribution in [2.45, 2.75) is 6.54 Å². The molecule has 0 atom stereocenters. The van der Waals surface area contributed by atoms with Crippen LogP contribution >= 0.6 is 0 Å². The number of carbonyl (C=O) groups is 2. The molecule has 11 nitrogen and oxygen atoms in total. The lowest BCUT2D eigenvalue weighted by molar-refractivity contribution is -0.159. The van der Waals surface area contributed by atoms with Gasteiger partial charge in [-0.1, -0.05) is 0 Å². The van der Waals surface area contributed by atoms with E-state index in [9.17, 15) is 0 Å². The molecule has 3 N–H and O–H groups in total. The molecule has 0 spiro atoms. The Morgan fingerprint density at radius 3 is 2.45 bits per heavy atom. The van der Waals surface area contributed by atoms with E-state index in [2.05, 4.69) is 10.3 Å². The smallest absolute Gasteiger partial charge is 0.414 e. The van der Waals surface area contributed by atoms with E-state index in [1.165, 1.54) is 0 Å². The number of fused-ring (bicyclic) bond motifs is 1. The molecule has 0 fully saturated rings. The monoisotopic (exact) mass is 457 g/mol. The number of aromatic nitrogens is 2. The first-order valence-corrected chi connectivity index (χ1v) is 9.66. The summed E-state index contributed by atoms with van der Waals surface area (Å²) in [5, 5.41) is 18.1. The molecule has 0 radical (unpaired) electrons. The van der Waals surface area contributed by atoms with Gasteiger partial charge in [-0.3, -0.25) is 0 Å². The van der Waals surface area contributed by atoms with Crippen LogP contribution in [-0.4, -0.2) is 52.7 Å². The van der Waals surface area contributed by atoms with Crippen LogP contribution in [0.15, 0.2) is 42.6 Å². The molecule has 0 amide bonds. The Kier molecular flexibility index (Phi) is 7.24. The number of benzene rings is 2. The van der Waals surface area contributed by atoms with Crippen molar-refractivity contribution in [1.82, 2.24) is 9.55 Å². The standard InChI is InChI=1S/C20H21N3O4.C2H2O4/c1-23-16(13-4-6-18-19(9-13)27-12-26-18)11-22-20(23)21-10-14-8-15(24-2)5-7-17(14)25-3;3-1(4)2(5)6/h4-9,11H,10,12H2,1-3H3,(H,21,22);(H,3,4)(H,5,6). The van der Waals surface area contributed by atoms with Crippen LogP contribution in [0.5, 0.6) is 23.0 Å². The third-order valence-corrected chi connectivity index (χ3v) is 4.76. The Bertz CT molecular complexity index is 1150. The Morgan fingerprint density at radius 1 is 1.06 bits per heavy atom. The van der Waals surface area contributed by atoms with Gasteiger partial charge in [0.15, 0.2) is 11.5 Å². The van der Waals surface area contributed by atoms with Gasteiger partial charge >= 0.3 is 11.9 Å². The third-order valence-electron chi connectivity index (χ3n) is 4.76. The largest absolute Gasteiger partial charge is 0.497 e. The van der Waals surface area contributed by atoms with E-state index >= 15 is 0 Å². The zero-order valence-electron chi connectivity index (χ0n) is 18.2. The number of nitrogens with one attached hydrogen (secondary N) is 1. The van der Waals surface area contributed by atoms with Crippen LogP contribution in [0.1, 0.15) is 5.56 Å². The fraction of sp³-hybridized carbons (Fsp3) is 0.227. The lowest BCUT2D eigenvalue weighted by atomic mass is 10.1. The highest BCUT2D eigenvalue weighted by atomic mass is 16.7. The van der Waals surface area contributed by atoms with Gasteiger partial charge in [0.2, 0.25) is 12.7 Å². The van der Waals surface area contributed by atoms with Gasteiger partial charge in [0.05, 0.1) is 26.1 Å². The second kappa shape index (κ2) is 10.3. The van der Waals surface area contributed by atoms with Gasteiger partial charge in [-0.25, -0.2) is 14.6 Å². The van der Waals surface area contributed by atoms with Gasteiger partial charge in [0, 0.05) is 24.7 Å². The maximum atomic E-state index is 9.10. The van der Waals surface area contributed by atoms with Gasteiger partial charge in [0.1, 0.15) is 11.5 Å². The number of hydrogen-bond acceptors (Lipinski definition) is 8. The van der Waals surface area contributed by atoms with Crippen LogP contribution in [0.4, 0.5) is 5.95 Å². The van der Waals surface area contributed by atoms with Crippen molar-refractivity contribution in [1.29, 1.82) is 0 Å². The molecular formula is C22H23N3O8. The van der Waals surface area contributed by atoms with E-state index in [1.54, 1.807) is 14.2 Å². The zero-order valence-corrected chi connectivity index (χ0v) is 18.2. The van der Waals surface area contributed by atoms with Gasteiger partial charge in [-0.05, 0) is 36.4 Å². The summed E-state index contributed by atoms with van der Waals surface area (Å²) in [4.78, 5) is 22.7. The summed E-state index contributed by atoms with van der Waals surface area (Å²) in [7, 11) is 5.28. The lowest BCUT2D eigenvalue weighted by Crippen LogP contribution is -2.09. The normalized spacial score (nSPS) is 11.2. The van der Waals surface area contributed by atoms with E-state index in [-0.39, 0.29) is 6.79 Å². The number of methoxy groups -OCH3 is 2. The van der Waals surface area contributed by atoms with E-state index in [4.69, 9.17) is 38.7 Å². The number of carboxylic acids is 2. The molecule has 0 bridgehead atoms. The van der Waals surface area contributed by atoms with E-state index < -0.39 is 11.9 Å². The summed E-state index contributed by atoms with van der Waals surface area (Å²) in [5.41, 5.74) is 2.99. The molecule has 3 aromatic rings. The Hall–Kier alpha value is -4.41. The molecule has 4 rings (SSSR count). The van der Waals surface area contributed by atoms with Crippen molar-refractivity contribution in [3.63, 3.8) is 0 Å². The molecule has 2 aromatic carbocycles. The molecule has 1 aromatic heterocycles. The SMILES string of the molecule is COc1ccc(OC)c(CNc2ncc(-c3ccc4c(c3)OCO4)n2C)c1.O=C(O)C(=O)O. The minimum atomic E-state index is -1.82. The minimum absolute atomic E-state index is 0.263. The highest BCUT2D eigenvalue weighted by molar-refractivity contribution is 6.27. The van der Waals surface area contributed by atoms with Crippen LogP contribution in [0, 0.1) is 0 Å². The number of anilines is 1. The van der Waals surface area contributed by atoms with Gasteiger partial charge in [-0.15, -0.1) is 0 Å². The van der Waals surface area contributed by atoms with Crippen molar-refractivity contribution in [2.75, 3.05) is 26.3 Å². The summed E-state index contributed by atoms with van der Waals surface area (Å²) in [6.07, 6.45) is 1.84. The number of imidazole rings is 1. The fourth-order valence-electron chi connectivity index (χ4n) is 3.09. The number of nitrogens with zero attached hydrogens (tertiary/aromatic N) is 2. The third kappa shape index (κ3) is 5.45.